The Hall–Kier alpha value is -2.45. The summed E-state index contributed by atoms with van der Waals surface area (Å²) in [5.74, 6) is -0.177. The largest absolute Gasteiger partial charge is 0.383 e. The van der Waals surface area contributed by atoms with Crippen LogP contribution in [0.15, 0.2) is 29.6 Å². The van der Waals surface area contributed by atoms with Gasteiger partial charge in [-0.25, -0.2) is 0 Å². The van der Waals surface area contributed by atoms with Gasteiger partial charge in [0.25, 0.3) is 11.6 Å². The van der Waals surface area contributed by atoms with Crippen molar-refractivity contribution < 1.29 is 14.5 Å². The summed E-state index contributed by atoms with van der Waals surface area (Å²) < 4.78 is 4.93. The van der Waals surface area contributed by atoms with Crippen molar-refractivity contribution in [2.24, 2.45) is 0 Å². The van der Waals surface area contributed by atoms with Crippen LogP contribution < -0.4 is 5.32 Å². The number of fused-ring (bicyclic) bond motifs is 1. The number of anilines is 1. The second kappa shape index (κ2) is 7.62. The molecule has 25 heavy (non-hydrogen) atoms. The van der Waals surface area contributed by atoms with Crippen molar-refractivity contribution >= 4 is 28.6 Å². The summed E-state index contributed by atoms with van der Waals surface area (Å²) >= 11 is 1.71. The van der Waals surface area contributed by atoms with Gasteiger partial charge in [0.05, 0.1) is 11.5 Å². The van der Waals surface area contributed by atoms with Crippen LogP contribution in [-0.4, -0.2) is 42.5 Å². The van der Waals surface area contributed by atoms with Gasteiger partial charge in [-0.3, -0.25) is 14.9 Å². The van der Waals surface area contributed by atoms with E-state index in [0.29, 0.717) is 37.5 Å². The van der Waals surface area contributed by atoms with Gasteiger partial charge in [0, 0.05) is 43.3 Å². The lowest BCUT2D eigenvalue weighted by Crippen LogP contribution is -2.35. The van der Waals surface area contributed by atoms with E-state index in [1.54, 1.807) is 35.5 Å². The lowest BCUT2D eigenvalue weighted by Gasteiger charge is -2.27. The van der Waals surface area contributed by atoms with Crippen molar-refractivity contribution in [1.29, 1.82) is 0 Å². The van der Waals surface area contributed by atoms with E-state index in [0.717, 1.165) is 12.0 Å². The van der Waals surface area contributed by atoms with Crippen LogP contribution in [0.25, 0.3) is 0 Å². The minimum absolute atomic E-state index is 0.102. The monoisotopic (exact) mass is 361 g/mol. The number of nitro benzene ring substituents is 1. The van der Waals surface area contributed by atoms with Gasteiger partial charge in [0.2, 0.25) is 0 Å². The summed E-state index contributed by atoms with van der Waals surface area (Å²) in [4.78, 5) is 26.7. The number of benzene rings is 1. The summed E-state index contributed by atoms with van der Waals surface area (Å²) in [5, 5.41) is 16.3. The molecule has 0 atom stereocenters. The number of nitro groups is 1. The van der Waals surface area contributed by atoms with E-state index in [9.17, 15) is 14.9 Å². The van der Waals surface area contributed by atoms with Gasteiger partial charge in [-0.1, -0.05) is 0 Å². The molecule has 1 amide bonds. The Balaban J connectivity index is 1.79. The molecule has 2 heterocycles. The van der Waals surface area contributed by atoms with Gasteiger partial charge < -0.3 is 15.0 Å². The average molecular weight is 361 g/mol. The van der Waals surface area contributed by atoms with Crippen molar-refractivity contribution in [3.63, 3.8) is 0 Å². The first kappa shape index (κ1) is 17.4. The number of thiophene rings is 1. The maximum atomic E-state index is 12.7. The van der Waals surface area contributed by atoms with Gasteiger partial charge in [0.15, 0.2) is 0 Å². The Bertz CT molecular complexity index is 790. The zero-order chi connectivity index (χ0) is 17.8. The number of ether oxygens (including phenoxy) is 1. The van der Waals surface area contributed by atoms with Gasteiger partial charge >= 0.3 is 0 Å². The SMILES string of the molecule is COCCNc1ccc(C(=O)N2CCc3sccc3C2)cc1[N+](=O)[O-]. The Morgan fingerprint density at radius 1 is 1.44 bits per heavy atom. The van der Waals surface area contributed by atoms with E-state index in [1.165, 1.54) is 10.9 Å². The van der Waals surface area contributed by atoms with Crippen LogP contribution in [0.2, 0.25) is 0 Å². The lowest BCUT2D eigenvalue weighted by atomic mass is 10.1. The Kier molecular flexibility index (Phi) is 5.30. The first-order valence-electron chi connectivity index (χ1n) is 7.96. The number of methoxy groups -OCH3 is 1. The highest BCUT2D eigenvalue weighted by Gasteiger charge is 2.24. The highest BCUT2D eigenvalue weighted by Crippen LogP contribution is 2.28. The molecule has 1 aromatic heterocycles. The molecule has 1 N–H and O–H groups in total. The molecule has 3 rings (SSSR count). The van der Waals surface area contributed by atoms with Gasteiger partial charge in [0.1, 0.15) is 5.69 Å². The maximum absolute atomic E-state index is 12.7. The molecule has 132 valence electrons. The zero-order valence-electron chi connectivity index (χ0n) is 13.9. The predicted octanol–water partition coefficient (Wildman–Crippen LogP) is 2.91. The van der Waals surface area contributed by atoms with Crippen LogP contribution in [0, 0.1) is 10.1 Å². The minimum Gasteiger partial charge on any atom is -0.383 e. The maximum Gasteiger partial charge on any atom is 0.293 e. The Labute approximate surface area is 149 Å². The van der Waals surface area contributed by atoms with Crippen LogP contribution in [0.3, 0.4) is 0 Å². The number of carbonyl (C=O) groups is 1. The second-order valence-corrected chi connectivity index (χ2v) is 6.76. The summed E-state index contributed by atoms with van der Waals surface area (Å²) in [6.45, 7) is 2.08. The molecule has 0 bridgehead atoms. The lowest BCUT2D eigenvalue weighted by molar-refractivity contribution is -0.384. The number of carbonyl (C=O) groups excluding carboxylic acids is 1. The molecule has 1 aromatic carbocycles. The molecule has 0 saturated carbocycles. The average Bonchev–Trinajstić information content (AvgIpc) is 3.09. The van der Waals surface area contributed by atoms with Crippen LogP contribution in [0.1, 0.15) is 20.8 Å². The molecule has 7 nitrogen and oxygen atoms in total. The van der Waals surface area contributed by atoms with Crippen LogP contribution in [0.4, 0.5) is 11.4 Å². The van der Waals surface area contributed by atoms with E-state index in [4.69, 9.17) is 4.74 Å². The molecular weight excluding hydrogens is 342 g/mol. The van der Waals surface area contributed by atoms with E-state index < -0.39 is 4.92 Å². The van der Waals surface area contributed by atoms with Crippen molar-refractivity contribution in [3.05, 3.63) is 55.8 Å². The van der Waals surface area contributed by atoms with E-state index in [2.05, 4.69) is 5.32 Å². The number of hydrogen-bond acceptors (Lipinski definition) is 6. The standard InChI is InChI=1S/C17H19N3O4S/c1-24-8-6-18-14-3-2-12(10-15(14)20(22)23)17(21)19-7-4-16-13(11-19)5-9-25-16/h2-3,5,9-10,18H,4,6-8,11H2,1H3. The Morgan fingerprint density at radius 2 is 2.28 bits per heavy atom. The molecule has 0 radical (unpaired) electrons. The fourth-order valence-electron chi connectivity index (χ4n) is 2.86. The molecule has 8 heteroatoms. The minimum atomic E-state index is -0.473. The smallest absolute Gasteiger partial charge is 0.293 e. The highest BCUT2D eigenvalue weighted by molar-refractivity contribution is 7.10. The molecule has 2 aromatic rings. The third-order valence-electron chi connectivity index (χ3n) is 4.16. The molecule has 0 unspecified atom stereocenters. The number of nitrogens with zero attached hydrogens (tertiary/aromatic N) is 2. The van der Waals surface area contributed by atoms with Gasteiger partial charge in [-0.15, -0.1) is 11.3 Å². The molecule has 0 spiro atoms. The molecule has 0 aliphatic carbocycles. The van der Waals surface area contributed by atoms with Crippen molar-refractivity contribution in [2.75, 3.05) is 32.1 Å². The first-order valence-corrected chi connectivity index (χ1v) is 8.84. The van der Waals surface area contributed by atoms with E-state index in [-0.39, 0.29) is 11.6 Å². The van der Waals surface area contributed by atoms with E-state index >= 15 is 0 Å². The summed E-state index contributed by atoms with van der Waals surface area (Å²) in [7, 11) is 1.56. The predicted molar refractivity (Wildman–Crippen MR) is 96.2 cm³/mol. The van der Waals surface area contributed by atoms with Crippen molar-refractivity contribution in [3.8, 4) is 0 Å². The Morgan fingerprint density at radius 3 is 3.04 bits per heavy atom. The van der Waals surface area contributed by atoms with Crippen molar-refractivity contribution in [2.45, 2.75) is 13.0 Å². The number of hydrogen-bond donors (Lipinski definition) is 1. The number of nitrogens with one attached hydrogen (secondary N) is 1. The topological polar surface area (TPSA) is 84.7 Å². The van der Waals surface area contributed by atoms with Crippen molar-refractivity contribution in [1.82, 2.24) is 4.90 Å². The zero-order valence-corrected chi connectivity index (χ0v) is 14.7. The third-order valence-corrected chi connectivity index (χ3v) is 5.18. The third kappa shape index (κ3) is 3.80. The molecule has 0 fully saturated rings. The summed E-state index contributed by atoms with van der Waals surface area (Å²) in [6, 6.07) is 6.60. The fourth-order valence-corrected chi connectivity index (χ4v) is 3.75. The number of amides is 1. The molecular formula is C17H19N3O4S. The molecule has 1 aliphatic rings. The number of rotatable bonds is 6. The second-order valence-electron chi connectivity index (χ2n) is 5.75. The molecule has 0 saturated heterocycles. The van der Waals surface area contributed by atoms with Crippen LogP contribution in [0.5, 0.6) is 0 Å². The van der Waals surface area contributed by atoms with Crippen LogP contribution in [-0.2, 0) is 17.7 Å². The molecule has 1 aliphatic heterocycles. The summed E-state index contributed by atoms with van der Waals surface area (Å²) in [5.41, 5.74) is 1.78. The first-order chi connectivity index (χ1) is 12.1. The van der Waals surface area contributed by atoms with Crippen LogP contribution >= 0.6 is 11.3 Å². The highest BCUT2D eigenvalue weighted by atomic mass is 32.1. The quantitative estimate of drug-likeness (QED) is 0.486. The normalized spacial score (nSPS) is 13.4. The van der Waals surface area contributed by atoms with Gasteiger partial charge in [-0.2, -0.15) is 0 Å². The van der Waals surface area contributed by atoms with E-state index in [1.807, 2.05) is 11.4 Å². The fraction of sp³-hybridized carbons (Fsp3) is 0.353. The van der Waals surface area contributed by atoms with Gasteiger partial charge in [-0.05, 0) is 35.6 Å². The summed E-state index contributed by atoms with van der Waals surface area (Å²) in [6.07, 6.45) is 0.831.